The lowest BCUT2D eigenvalue weighted by molar-refractivity contribution is 0.0782. The number of amides is 1. The SMILES string of the molecule is CC(C)Cn1nc(C(=O)N2C[C@@H](N)[C@H](c3ccccc3)C2)c2ccccc2c1=O.Cl. The first-order valence-electron chi connectivity index (χ1n) is 10.1. The van der Waals surface area contributed by atoms with Crippen molar-refractivity contribution in [3.63, 3.8) is 0 Å². The van der Waals surface area contributed by atoms with Crippen molar-refractivity contribution in [2.75, 3.05) is 13.1 Å². The Morgan fingerprint density at radius 3 is 2.37 bits per heavy atom. The molecule has 0 spiro atoms. The highest BCUT2D eigenvalue weighted by molar-refractivity contribution is 6.04. The van der Waals surface area contributed by atoms with Gasteiger partial charge in [-0.1, -0.05) is 62.4 Å². The fourth-order valence-corrected chi connectivity index (χ4v) is 4.06. The molecule has 1 amide bonds. The number of hydrogen-bond donors (Lipinski definition) is 1. The summed E-state index contributed by atoms with van der Waals surface area (Å²) in [6, 6.07) is 17.1. The van der Waals surface area contributed by atoms with Gasteiger partial charge in [-0.2, -0.15) is 5.10 Å². The van der Waals surface area contributed by atoms with E-state index in [-0.39, 0.29) is 41.8 Å². The van der Waals surface area contributed by atoms with Crippen LogP contribution in [-0.2, 0) is 6.54 Å². The first-order chi connectivity index (χ1) is 14.0. The lowest BCUT2D eigenvalue weighted by atomic mass is 9.95. The first kappa shape index (κ1) is 22.0. The van der Waals surface area contributed by atoms with Crippen molar-refractivity contribution in [2.45, 2.75) is 32.4 Å². The summed E-state index contributed by atoms with van der Waals surface area (Å²) >= 11 is 0. The Morgan fingerprint density at radius 1 is 1.07 bits per heavy atom. The van der Waals surface area contributed by atoms with Crippen molar-refractivity contribution in [1.29, 1.82) is 0 Å². The molecule has 2 aromatic carbocycles. The van der Waals surface area contributed by atoms with Crippen molar-refractivity contribution in [3.05, 3.63) is 76.2 Å². The minimum Gasteiger partial charge on any atom is -0.335 e. The van der Waals surface area contributed by atoms with Crippen molar-refractivity contribution in [3.8, 4) is 0 Å². The van der Waals surface area contributed by atoms with Gasteiger partial charge in [0.25, 0.3) is 11.5 Å². The van der Waals surface area contributed by atoms with Crippen molar-refractivity contribution < 1.29 is 4.79 Å². The van der Waals surface area contributed by atoms with Gasteiger partial charge in [-0.15, -0.1) is 12.4 Å². The lowest BCUT2D eigenvalue weighted by Crippen LogP contribution is -2.35. The number of carbonyl (C=O) groups is 1. The molecule has 0 unspecified atom stereocenters. The molecular weight excluding hydrogens is 400 g/mol. The number of benzene rings is 2. The van der Waals surface area contributed by atoms with Crippen LogP contribution in [0.3, 0.4) is 0 Å². The van der Waals surface area contributed by atoms with Gasteiger partial charge in [-0.3, -0.25) is 9.59 Å². The van der Waals surface area contributed by atoms with Crippen LogP contribution in [0.4, 0.5) is 0 Å². The smallest absolute Gasteiger partial charge is 0.275 e. The van der Waals surface area contributed by atoms with E-state index in [0.29, 0.717) is 36.1 Å². The van der Waals surface area contributed by atoms with E-state index < -0.39 is 0 Å². The topological polar surface area (TPSA) is 81.2 Å². The number of nitrogens with two attached hydrogens (primary N) is 1. The van der Waals surface area contributed by atoms with Gasteiger partial charge in [0, 0.05) is 37.0 Å². The zero-order chi connectivity index (χ0) is 20.5. The predicted molar refractivity (Wildman–Crippen MR) is 121 cm³/mol. The van der Waals surface area contributed by atoms with Crippen molar-refractivity contribution in [2.24, 2.45) is 11.7 Å². The summed E-state index contributed by atoms with van der Waals surface area (Å²) in [7, 11) is 0. The zero-order valence-electron chi connectivity index (χ0n) is 17.2. The highest BCUT2D eigenvalue weighted by atomic mass is 35.5. The summed E-state index contributed by atoms with van der Waals surface area (Å²) in [6.07, 6.45) is 0. The summed E-state index contributed by atoms with van der Waals surface area (Å²) < 4.78 is 1.42. The molecule has 30 heavy (non-hydrogen) atoms. The summed E-state index contributed by atoms with van der Waals surface area (Å²) in [6.45, 7) is 5.53. The van der Waals surface area contributed by atoms with Crippen LogP contribution in [0.25, 0.3) is 10.8 Å². The van der Waals surface area contributed by atoms with E-state index in [4.69, 9.17) is 5.73 Å². The molecule has 2 heterocycles. The maximum Gasteiger partial charge on any atom is 0.275 e. The number of likely N-dealkylation sites (tertiary alicyclic amines) is 1. The Kier molecular flexibility index (Phi) is 6.58. The van der Waals surface area contributed by atoms with Gasteiger partial charge in [0.2, 0.25) is 0 Å². The molecule has 2 N–H and O–H groups in total. The minimum atomic E-state index is -0.174. The zero-order valence-corrected chi connectivity index (χ0v) is 18.0. The molecule has 0 bridgehead atoms. The number of halogens is 1. The van der Waals surface area contributed by atoms with Crippen LogP contribution < -0.4 is 11.3 Å². The van der Waals surface area contributed by atoms with Gasteiger partial charge in [0.05, 0.1) is 5.39 Å². The molecule has 158 valence electrons. The maximum atomic E-state index is 13.4. The van der Waals surface area contributed by atoms with Crippen LogP contribution in [0, 0.1) is 5.92 Å². The number of rotatable bonds is 4. The highest BCUT2D eigenvalue weighted by Crippen LogP contribution is 2.28. The minimum absolute atomic E-state index is 0. The van der Waals surface area contributed by atoms with E-state index in [9.17, 15) is 9.59 Å². The Hall–Kier alpha value is -2.70. The molecule has 6 nitrogen and oxygen atoms in total. The second kappa shape index (κ2) is 8.98. The molecular formula is C23H27ClN4O2. The predicted octanol–water partition coefficient (Wildman–Crippen LogP) is 3.04. The third-order valence-corrected chi connectivity index (χ3v) is 5.49. The van der Waals surface area contributed by atoms with Crippen LogP contribution >= 0.6 is 12.4 Å². The molecule has 7 heteroatoms. The van der Waals surface area contributed by atoms with Gasteiger partial charge in [0.1, 0.15) is 0 Å². The molecule has 1 aromatic heterocycles. The molecule has 1 saturated heterocycles. The lowest BCUT2D eigenvalue weighted by Gasteiger charge is -2.18. The molecule has 0 saturated carbocycles. The third-order valence-electron chi connectivity index (χ3n) is 5.49. The van der Waals surface area contributed by atoms with Crippen LogP contribution in [0.5, 0.6) is 0 Å². The first-order valence-corrected chi connectivity index (χ1v) is 10.1. The van der Waals surface area contributed by atoms with E-state index in [1.54, 1.807) is 17.0 Å². The Labute approximate surface area is 182 Å². The fourth-order valence-electron chi connectivity index (χ4n) is 4.06. The van der Waals surface area contributed by atoms with E-state index in [1.807, 2.05) is 44.2 Å². The number of nitrogens with zero attached hydrogens (tertiary/aromatic N) is 3. The molecule has 1 aliphatic rings. The molecule has 1 aliphatic heterocycles. The highest BCUT2D eigenvalue weighted by Gasteiger charge is 2.35. The Balaban J connectivity index is 0.00000256. The van der Waals surface area contributed by atoms with Crippen LogP contribution in [-0.4, -0.2) is 39.7 Å². The number of hydrogen-bond acceptors (Lipinski definition) is 4. The molecule has 3 aromatic rings. The van der Waals surface area contributed by atoms with Crippen LogP contribution in [0.15, 0.2) is 59.4 Å². The normalized spacial score (nSPS) is 18.6. The summed E-state index contributed by atoms with van der Waals surface area (Å²) in [5.41, 5.74) is 7.68. The third kappa shape index (κ3) is 4.11. The van der Waals surface area contributed by atoms with E-state index in [0.717, 1.165) is 5.56 Å². The average Bonchev–Trinajstić information content (AvgIpc) is 3.11. The average molecular weight is 427 g/mol. The number of carbonyl (C=O) groups excluding carboxylic acids is 1. The summed E-state index contributed by atoms with van der Waals surface area (Å²) in [5.74, 6) is 0.160. The largest absolute Gasteiger partial charge is 0.335 e. The van der Waals surface area contributed by atoms with Gasteiger partial charge in [-0.25, -0.2) is 4.68 Å². The van der Waals surface area contributed by atoms with E-state index in [1.165, 1.54) is 4.68 Å². The van der Waals surface area contributed by atoms with Crippen LogP contribution in [0.1, 0.15) is 35.8 Å². The number of aromatic nitrogens is 2. The molecule has 1 fully saturated rings. The molecule has 0 radical (unpaired) electrons. The van der Waals surface area contributed by atoms with Crippen LogP contribution in [0.2, 0.25) is 0 Å². The quantitative estimate of drug-likeness (QED) is 0.695. The van der Waals surface area contributed by atoms with E-state index >= 15 is 0 Å². The molecule has 0 aliphatic carbocycles. The maximum absolute atomic E-state index is 13.4. The van der Waals surface area contributed by atoms with Gasteiger partial charge >= 0.3 is 0 Å². The second-order valence-electron chi connectivity index (χ2n) is 8.17. The number of fused-ring (bicyclic) bond motifs is 1. The Bertz CT molecular complexity index is 1100. The second-order valence-corrected chi connectivity index (χ2v) is 8.17. The van der Waals surface area contributed by atoms with E-state index in [2.05, 4.69) is 17.2 Å². The molecule has 2 atom stereocenters. The Morgan fingerprint density at radius 2 is 1.70 bits per heavy atom. The van der Waals surface area contributed by atoms with Gasteiger partial charge in [-0.05, 0) is 17.5 Å². The van der Waals surface area contributed by atoms with Gasteiger partial charge < -0.3 is 10.6 Å². The van der Waals surface area contributed by atoms with Crippen molar-refractivity contribution >= 4 is 29.1 Å². The standard InChI is InChI=1S/C23H26N4O2.ClH/c1-15(2)12-27-22(28)18-11-7-6-10-17(18)21(25-27)23(29)26-13-19(20(24)14-26)16-8-4-3-5-9-16;/h3-11,15,19-20H,12-14,24H2,1-2H3;1H/t19-,20+;/m0./s1. The summed E-state index contributed by atoms with van der Waals surface area (Å²) in [4.78, 5) is 28.0. The monoisotopic (exact) mass is 426 g/mol. The molecule has 4 rings (SSSR count). The summed E-state index contributed by atoms with van der Waals surface area (Å²) in [5, 5.41) is 5.60. The van der Waals surface area contributed by atoms with Gasteiger partial charge in [0.15, 0.2) is 5.69 Å². The fraction of sp³-hybridized carbons (Fsp3) is 0.348. The van der Waals surface area contributed by atoms with Crippen molar-refractivity contribution in [1.82, 2.24) is 14.7 Å².